The van der Waals surface area contributed by atoms with E-state index in [-0.39, 0.29) is 24.0 Å². The zero-order valence-corrected chi connectivity index (χ0v) is 19.8. The van der Waals surface area contributed by atoms with E-state index >= 15 is 0 Å². The molecular weight excluding hydrogens is 485 g/mol. The number of halogens is 3. The van der Waals surface area contributed by atoms with Crippen molar-refractivity contribution in [2.45, 2.75) is 31.0 Å². The fraction of sp³-hybridized carbons (Fsp3) is 0.286. The molecule has 1 N–H and O–H groups in total. The SMILES string of the molecule is O=C(Nc1ccc(C2CCN(C(=O)c3ccccc3C(F)(F)F)CC2)cc1)C1COc2ccccc2O1. The highest BCUT2D eigenvalue weighted by atomic mass is 19.4. The largest absolute Gasteiger partial charge is 0.485 e. The Labute approximate surface area is 212 Å². The third-order valence-electron chi connectivity index (χ3n) is 6.70. The van der Waals surface area contributed by atoms with Crippen LogP contribution in [0.25, 0.3) is 0 Å². The van der Waals surface area contributed by atoms with Crippen molar-refractivity contribution in [3.05, 3.63) is 89.5 Å². The van der Waals surface area contributed by atoms with Gasteiger partial charge in [0.1, 0.15) is 6.61 Å². The van der Waals surface area contributed by atoms with E-state index in [0.717, 1.165) is 11.6 Å². The second-order valence-corrected chi connectivity index (χ2v) is 9.09. The van der Waals surface area contributed by atoms with Crippen LogP contribution in [0.15, 0.2) is 72.8 Å². The van der Waals surface area contributed by atoms with E-state index < -0.39 is 23.8 Å². The summed E-state index contributed by atoms with van der Waals surface area (Å²) in [4.78, 5) is 27.0. The molecule has 0 radical (unpaired) electrons. The smallest absolute Gasteiger partial charge is 0.417 e. The van der Waals surface area contributed by atoms with Gasteiger partial charge < -0.3 is 19.7 Å². The highest BCUT2D eigenvalue weighted by molar-refractivity contribution is 5.96. The van der Waals surface area contributed by atoms with Crippen molar-refractivity contribution in [3.8, 4) is 11.5 Å². The lowest BCUT2D eigenvalue weighted by Crippen LogP contribution is -2.40. The molecule has 1 atom stereocenters. The van der Waals surface area contributed by atoms with Gasteiger partial charge in [-0.05, 0) is 60.7 Å². The number of hydrogen-bond donors (Lipinski definition) is 1. The van der Waals surface area contributed by atoms with Crippen molar-refractivity contribution >= 4 is 17.5 Å². The fourth-order valence-corrected chi connectivity index (χ4v) is 4.71. The molecule has 0 aromatic heterocycles. The maximum absolute atomic E-state index is 13.3. The number of alkyl halides is 3. The molecule has 0 saturated carbocycles. The maximum atomic E-state index is 13.3. The van der Waals surface area contributed by atoms with Crippen LogP contribution in [0.3, 0.4) is 0 Å². The zero-order valence-electron chi connectivity index (χ0n) is 19.8. The number of carbonyl (C=O) groups excluding carboxylic acids is 2. The Morgan fingerprint density at radius 1 is 0.865 bits per heavy atom. The monoisotopic (exact) mass is 510 g/mol. The molecule has 2 amide bonds. The Hall–Kier alpha value is -4.01. The van der Waals surface area contributed by atoms with E-state index in [0.29, 0.717) is 43.1 Å². The molecule has 0 aliphatic carbocycles. The fourth-order valence-electron chi connectivity index (χ4n) is 4.71. The second-order valence-electron chi connectivity index (χ2n) is 9.09. The Morgan fingerprint density at radius 3 is 2.22 bits per heavy atom. The van der Waals surface area contributed by atoms with E-state index in [1.54, 1.807) is 12.1 Å². The summed E-state index contributed by atoms with van der Waals surface area (Å²) in [6, 6.07) is 19.5. The average Bonchev–Trinajstić information content (AvgIpc) is 2.92. The van der Waals surface area contributed by atoms with Gasteiger partial charge in [0.25, 0.3) is 11.8 Å². The molecule has 5 rings (SSSR count). The van der Waals surface area contributed by atoms with Gasteiger partial charge in [-0.15, -0.1) is 0 Å². The van der Waals surface area contributed by atoms with Crippen LogP contribution in [0.4, 0.5) is 18.9 Å². The lowest BCUT2D eigenvalue weighted by molar-refractivity contribution is -0.138. The van der Waals surface area contributed by atoms with Crippen molar-refractivity contribution in [3.63, 3.8) is 0 Å². The van der Waals surface area contributed by atoms with Crippen LogP contribution >= 0.6 is 0 Å². The first-order chi connectivity index (χ1) is 17.8. The number of nitrogens with zero attached hydrogens (tertiary/aromatic N) is 1. The molecule has 3 aromatic carbocycles. The van der Waals surface area contributed by atoms with Gasteiger partial charge in [-0.1, -0.05) is 36.4 Å². The summed E-state index contributed by atoms with van der Waals surface area (Å²) in [5, 5.41) is 2.84. The summed E-state index contributed by atoms with van der Waals surface area (Å²) >= 11 is 0. The zero-order chi connectivity index (χ0) is 26.0. The summed E-state index contributed by atoms with van der Waals surface area (Å²) in [6.45, 7) is 0.856. The van der Waals surface area contributed by atoms with E-state index in [2.05, 4.69) is 5.32 Å². The van der Waals surface area contributed by atoms with Crippen molar-refractivity contribution in [2.75, 3.05) is 25.0 Å². The topological polar surface area (TPSA) is 67.9 Å². The van der Waals surface area contributed by atoms with Gasteiger partial charge in [0.05, 0.1) is 11.1 Å². The van der Waals surface area contributed by atoms with Gasteiger partial charge >= 0.3 is 6.18 Å². The van der Waals surface area contributed by atoms with Gasteiger partial charge in [0.2, 0.25) is 6.10 Å². The second kappa shape index (κ2) is 10.2. The first-order valence-corrected chi connectivity index (χ1v) is 12.0. The van der Waals surface area contributed by atoms with Crippen LogP contribution in [-0.2, 0) is 11.0 Å². The number of hydrogen-bond acceptors (Lipinski definition) is 4. The molecule has 6 nitrogen and oxygen atoms in total. The normalized spacial score (nSPS) is 17.8. The molecule has 2 aliphatic heterocycles. The van der Waals surface area contributed by atoms with E-state index in [4.69, 9.17) is 9.47 Å². The van der Waals surface area contributed by atoms with E-state index in [1.165, 1.54) is 23.1 Å². The minimum atomic E-state index is -4.58. The maximum Gasteiger partial charge on any atom is 0.417 e. The summed E-state index contributed by atoms with van der Waals surface area (Å²) in [5.41, 5.74) is 0.443. The highest BCUT2D eigenvalue weighted by Gasteiger charge is 2.36. The first kappa shape index (κ1) is 24.7. The molecule has 192 valence electrons. The molecule has 37 heavy (non-hydrogen) atoms. The van der Waals surface area contributed by atoms with Crippen molar-refractivity contribution in [1.29, 1.82) is 0 Å². The molecule has 2 heterocycles. The third-order valence-corrected chi connectivity index (χ3v) is 6.70. The number of carbonyl (C=O) groups is 2. The quantitative estimate of drug-likeness (QED) is 0.503. The predicted octanol–water partition coefficient (Wildman–Crippen LogP) is 5.50. The third kappa shape index (κ3) is 5.40. The molecule has 1 fully saturated rings. The lowest BCUT2D eigenvalue weighted by atomic mass is 9.89. The summed E-state index contributed by atoms with van der Waals surface area (Å²) in [7, 11) is 0. The summed E-state index contributed by atoms with van der Waals surface area (Å²) < 4.78 is 51.3. The number of fused-ring (bicyclic) bond motifs is 1. The Balaban J connectivity index is 1.16. The molecule has 0 bridgehead atoms. The molecule has 3 aromatic rings. The van der Waals surface area contributed by atoms with E-state index in [9.17, 15) is 22.8 Å². The van der Waals surface area contributed by atoms with Gasteiger partial charge in [-0.25, -0.2) is 0 Å². The number of anilines is 1. The van der Waals surface area contributed by atoms with Crippen LogP contribution in [0.1, 0.15) is 40.2 Å². The van der Waals surface area contributed by atoms with Gasteiger partial charge in [-0.2, -0.15) is 13.2 Å². The number of rotatable bonds is 4. The van der Waals surface area contributed by atoms with Crippen molar-refractivity contribution in [2.24, 2.45) is 0 Å². The Bertz CT molecular complexity index is 1290. The molecule has 9 heteroatoms. The number of amides is 2. The summed E-state index contributed by atoms with van der Waals surface area (Å²) in [5.74, 6) is 0.386. The van der Waals surface area contributed by atoms with Crippen molar-refractivity contribution in [1.82, 2.24) is 4.90 Å². The van der Waals surface area contributed by atoms with Crippen LogP contribution in [-0.4, -0.2) is 42.5 Å². The Morgan fingerprint density at radius 2 is 1.51 bits per heavy atom. The minimum absolute atomic E-state index is 0.117. The number of likely N-dealkylation sites (tertiary alicyclic amines) is 1. The molecule has 1 unspecified atom stereocenters. The van der Waals surface area contributed by atoms with Crippen LogP contribution in [0, 0.1) is 0 Å². The predicted molar refractivity (Wildman–Crippen MR) is 131 cm³/mol. The number of piperidine rings is 1. The van der Waals surface area contributed by atoms with Gasteiger partial charge in [0.15, 0.2) is 11.5 Å². The van der Waals surface area contributed by atoms with Gasteiger partial charge in [-0.3, -0.25) is 9.59 Å². The number of ether oxygens (including phenoxy) is 2. The molecule has 2 aliphatic rings. The van der Waals surface area contributed by atoms with Crippen LogP contribution < -0.4 is 14.8 Å². The number of para-hydroxylation sites is 2. The minimum Gasteiger partial charge on any atom is -0.485 e. The van der Waals surface area contributed by atoms with Crippen LogP contribution in [0.2, 0.25) is 0 Å². The Kier molecular flexibility index (Phi) is 6.78. The molecule has 1 saturated heterocycles. The number of benzene rings is 3. The average molecular weight is 511 g/mol. The first-order valence-electron chi connectivity index (χ1n) is 12.0. The van der Waals surface area contributed by atoms with Gasteiger partial charge in [0, 0.05) is 18.8 Å². The molecule has 0 spiro atoms. The standard InChI is InChI=1S/C28H25F3N2O4/c29-28(30,31)22-6-2-1-5-21(22)27(35)33-15-13-19(14-16-33)18-9-11-20(12-10-18)32-26(34)25-17-36-23-7-3-4-8-24(23)37-25/h1-12,19,25H,13-17H2,(H,32,34). The lowest BCUT2D eigenvalue weighted by Gasteiger charge is -2.33. The number of nitrogens with one attached hydrogen (secondary N) is 1. The van der Waals surface area contributed by atoms with E-state index in [1.807, 2.05) is 36.4 Å². The molecular formula is C28H25F3N2O4. The van der Waals surface area contributed by atoms with Crippen molar-refractivity contribution < 1.29 is 32.2 Å². The summed E-state index contributed by atoms with van der Waals surface area (Å²) in [6.07, 6.45) is -4.07. The highest BCUT2D eigenvalue weighted by Crippen LogP contribution is 2.35. The van der Waals surface area contributed by atoms with Crippen LogP contribution in [0.5, 0.6) is 11.5 Å².